The van der Waals surface area contributed by atoms with Gasteiger partial charge in [0, 0.05) is 37.7 Å². The molecule has 0 bridgehead atoms. The minimum atomic E-state index is -0.754. The number of morpholine rings is 1. The Morgan fingerprint density at radius 2 is 1.80 bits per heavy atom. The lowest BCUT2D eigenvalue weighted by Crippen LogP contribution is -2.51. The molecule has 3 amide bonds. The molecule has 0 radical (unpaired) electrons. The van der Waals surface area contributed by atoms with Gasteiger partial charge in [-0.3, -0.25) is 19.3 Å². The van der Waals surface area contributed by atoms with Crippen LogP contribution in [0.1, 0.15) is 44.1 Å². The van der Waals surface area contributed by atoms with Crippen molar-refractivity contribution in [2.75, 3.05) is 44.3 Å². The summed E-state index contributed by atoms with van der Waals surface area (Å²) in [5, 5.41) is 0.900. The van der Waals surface area contributed by atoms with Gasteiger partial charge in [-0.15, -0.1) is 11.3 Å². The number of rotatable bonds is 7. The van der Waals surface area contributed by atoms with Crippen LogP contribution >= 0.6 is 11.3 Å². The number of carbonyl (C=O) groups excluding carboxylic acids is 3. The van der Waals surface area contributed by atoms with Gasteiger partial charge in [0.2, 0.25) is 11.8 Å². The average Bonchev–Trinajstić information content (AvgIpc) is 3.53. The molecule has 8 nitrogen and oxygen atoms in total. The van der Waals surface area contributed by atoms with Crippen LogP contribution in [0.5, 0.6) is 0 Å². The SMILES string of the molecule is Cc1ccc2nc(-c3ccc(N4C(=O)CC(N(CCN5CCOCC5)C(=O)C5CCCCC5)C4=O)cc3)sc2c1. The maximum Gasteiger partial charge on any atom is 0.257 e. The van der Waals surface area contributed by atoms with Gasteiger partial charge in [0.05, 0.1) is 35.5 Å². The third kappa shape index (κ3) is 5.55. The average molecular weight is 561 g/mol. The summed E-state index contributed by atoms with van der Waals surface area (Å²) in [5.41, 5.74) is 3.64. The molecule has 3 aliphatic rings. The number of amides is 3. The van der Waals surface area contributed by atoms with E-state index in [-0.39, 0.29) is 30.1 Å². The highest BCUT2D eigenvalue weighted by molar-refractivity contribution is 7.21. The minimum Gasteiger partial charge on any atom is -0.379 e. The summed E-state index contributed by atoms with van der Waals surface area (Å²) in [6, 6.07) is 12.9. The Morgan fingerprint density at radius 1 is 1.05 bits per heavy atom. The Morgan fingerprint density at radius 3 is 2.55 bits per heavy atom. The summed E-state index contributed by atoms with van der Waals surface area (Å²) in [6.45, 7) is 6.18. The third-order valence-electron chi connectivity index (χ3n) is 8.41. The second-order valence-electron chi connectivity index (χ2n) is 11.1. The van der Waals surface area contributed by atoms with Gasteiger partial charge in [-0.25, -0.2) is 9.88 Å². The monoisotopic (exact) mass is 560 g/mol. The lowest BCUT2D eigenvalue weighted by Gasteiger charge is -2.35. The number of aryl methyl sites for hydroxylation is 1. The molecule has 1 unspecified atom stereocenters. The summed E-state index contributed by atoms with van der Waals surface area (Å²) in [4.78, 5) is 50.8. The van der Waals surface area contributed by atoms with E-state index >= 15 is 0 Å². The Labute approximate surface area is 238 Å². The molecular weight excluding hydrogens is 524 g/mol. The Balaban J connectivity index is 1.21. The standard InChI is InChI=1S/C31H36N4O4S/c1-21-7-12-25-27(19-21)40-29(32-25)22-8-10-24(11-9-22)35-28(36)20-26(31(35)38)34(14-13-33-15-17-39-18-16-33)30(37)23-5-3-2-4-6-23/h7-12,19,23,26H,2-6,13-18,20H2,1H3. The second-order valence-corrected chi connectivity index (χ2v) is 12.2. The van der Waals surface area contributed by atoms with Gasteiger partial charge in [0.1, 0.15) is 11.0 Å². The molecular formula is C31H36N4O4S. The quantitative estimate of drug-likeness (QED) is 0.392. The van der Waals surface area contributed by atoms with Crippen molar-refractivity contribution in [3.8, 4) is 10.6 Å². The van der Waals surface area contributed by atoms with Gasteiger partial charge in [0.15, 0.2) is 0 Å². The molecule has 9 heteroatoms. The predicted molar refractivity (Wildman–Crippen MR) is 156 cm³/mol. The highest BCUT2D eigenvalue weighted by atomic mass is 32.1. The Bertz CT molecular complexity index is 1390. The van der Waals surface area contributed by atoms with E-state index in [0.29, 0.717) is 32.0 Å². The summed E-state index contributed by atoms with van der Waals surface area (Å²) in [5.74, 6) is -0.597. The van der Waals surface area contributed by atoms with Crippen LogP contribution in [0.3, 0.4) is 0 Å². The fraction of sp³-hybridized carbons (Fsp3) is 0.484. The molecule has 3 heterocycles. The van der Waals surface area contributed by atoms with Crippen LogP contribution in [-0.4, -0.2) is 77.9 Å². The fourth-order valence-electron chi connectivity index (χ4n) is 6.12. The summed E-state index contributed by atoms with van der Waals surface area (Å²) in [7, 11) is 0. The lowest BCUT2D eigenvalue weighted by atomic mass is 9.88. The molecule has 3 aromatic rings. The van der Waals surface area contributed by atoms with Gasteiger partial charge in [-0.05, 0) is 61.7 Å². The molecule has 6 rings (SSSR count). The number of carbonyl (C=O) groups is 3. The molecule has 2 aliphatic heterocycles. The fourth-order valence-corrected chi connectivity index (χ4v) is 7.19. The van der Waals surface area contributed by atoms with E-state index in [1.165, 1.54) is 10.5 Å². The van der Waals surface area contributed by atoms with Gasteiger partial charge >= 0.3 is 0 Å². The number of hydrogen-bond donors (Lipinski definition) is 0. The Hall–Kier alpha value is -3.14. The summed E-state index contributed by atoms with van der Waals surface area (Å²) >= 11 is 1.63. The van der Waals surface area contributed by atoms with Crippen LogP contribution < -0.4 is 4.90 Å². The number of benzene rings is 2. The van der Waals surface area contributed by atoms with E-state index < -0.39 is 6.04 Å². The molecule has 210 valence electrons. The summed E-state index contributed by atoms with van der Waals surface area (Å²) in [6.07, 6.45) is 4.98. The molecule has 0 N–H and O–H groups in total. The number of imide groups is 1. The van der Waals surface area contributed by atoms with Crippen molar-refractivity contribution < 1.29 is 19.1 Å². The Kier molecular flexibility index (Phi) is 7.96. The molecule has 1 saturated carbocycles. The van der Waals surface area contributed by atoms with Crippen LogP contribution in [0, 0.1) is 12.8 Å². The zero-order chi connectivity index (χ0) is 27.6. The second kappa shape index (κ2) is 11.8. The molecule has 40 heavy (non-hydrogen) atoms. The molecule has 1 atom stereocenters. The maximum atomic E-state index is 13.8. The van der Waals surface area contributed by atoms with E-state index in [4.69, 9.17) is 9.72 Å². The van der Waals surface area contributed by atoms with Gasteiger partial charge in [-0.1, -0.05) is 25.3 Å². The van der Waals surface area contributed by atoms with Crippen LogP contribution in [-0.2, 0) is 19.1 Å². The zero-order valence-electron chi connectivity index (χ0n) is 23.0. The first-order valence-corrected chi connectivity index (χ1v) is 15.2. The number of ether oxygens (including phenoxy) is 1. The first kappa shape index (κ1) is 27.1. The highest BCUT2D eigenvalue weighted by Gasteiger charge is 2.45. The predicted octanol–water partition coefficient (Wildman–Crippen LogP) is 4.64. The molecule has 2 aromatic carbocycles. The lowest BCUT2D eigenvalue weighted by molar-refractivity contribution is -0.143. The number of nitrogens with zero attached hydrogens (tertiary/aromatic N) is 4. The third-order valence-corrected chi connectivity index (χ3v) is 9.48. The van der Waals surface area contributed by atoms with Crippen molar-refractivity contribution in [3.05, 3.63) is 48.0 Å². The van der Waals surface area contributed by atoms with Crippen molar-refractivity contribution in [2.24, 2.45) is 5.92 Å². The number of hydrogen-bond acceptors (Lipinski definition) is 7. The first-order chi connectivity index (χ1) is 19.5. The van der Waals surface area contributed by atoms with Gasteiger partial charge in [-0.2, -0.15) is 0 Å². The van der Waals surface area contributed by atoms with Crippen molar-refractivity contribution >= 4 is 45.0 Å². The van der Waals surface area contributed by atoms with E-state index in [1.807, 2.05) is 30.3 Å². The molecule has 1 aliphatic carbocycles. The van der Waals surface area contributed by atoms with Gasteiger partial charge in [0.25, 0.3) is 5.91 Å². The highest BCUT2D eigenvalue weighted by Crippen LogP contribution is 2.34. The number of thiazole rings is 1. The zero-order valence-corrected chi connectivity index (χ0v) is 23.8. The summed E-state index contributed by atoms with van der Waals surface area (Å²) < 4.78 is 6.60. The van der Waals surface area contributed by atoms with Crippen molar-refractivity contribution in [1.82, 2.24) is 14.8 Å². The van der Waals surface area contributed by atoms with Gasteiger partial charge < -0.3 is 9.64 Å². The normalized spacial score (nSPS) is 20.9. The van der Waals surface area contributed by atoms with E-state index in [9.17, 15) is 14.4 Å². The largest absolute Gasteiger partial charge is 0.379 e. The molecule has 3 fully saturated rings. The van der Waals surface area contributed by atoms with Crippen molar-refractivity contribution in [2.45, 2.75) is 51.5 Å². The van der Waals surface area contributed by atoms with Crippen LogP contribution in [0.25, 0.3) is 20.8 Å². The molecule has 0 spiro atoms. The van der Waals surface area contributed by atoms with Crippen LogP contribution in [0.15, 0.2) is 42.5 Å². The number of fused-ring (bicyclic) bond motifs is 1. The minimum absolute atomic E-state index is 0.0272. The topological polar surface area (TPSA) is 83.1 Å². The van der Waals surface area contributed by atoms with Crippen molar-refractivity contribution in [1.29, 1.82) is 0 Å². The van der Waals surface area contributed by atoms with E-state index in [2.05, 4.69) is 24.0 Å². The van der Waals surface area contributed by atoms with Crippen LogP contribution in [0.2, 0.25) is 0 Å². The number of aromatic nitrogens is 1. The van der Waals surface area contributed by atoms with E-state index in [1.54, 1.807) is 16.2 Å². The molecule has 1 aromatic heterocycles. The van der Waals surface area contributed by atoms with Crippen LogP contribution in [0.4, 0.5) is 5.69 Å². The van der Waals surface area contributed by atoms with E-state index in [0.717, 1.165) is 66.0 Å². The first-order valence-electron chi connectivity index (χ1n) is 14.4. The molecule has 2 saturated heterocycles. The number of anilines is 1. The van der Waals surface area contributed by atoms with Crippen molar-refractivity contribution in [3.63, 3.8) is 0 Å². The smallest absolute Gasteiger partial charge is 0.257 e. The maximum absolute atomic E-state index is 13.8.